The molecule has 0 aliphatic rings. The summed E-state index contributed by atoms with van der Waals surface area (Å²) in [5.74, 6) is 0.327. The van der Waals surface area contributed by atoms with Crippen molar-refractivity contribution in [3.8, 4) is 0 Å². The highest BCUT2D eigenvalue weighted by atomic mass is 35.5. The van der Waals surface area contributed by atoms with Crippen molar-refractivity contribution in [3.63, 3.8) is 0 Å². The summed E-state index contributed by atoms with van der Waals surface area (Å²) in [6, 6.07) is 0. The highest BCUT2D eigenvalue weighted by molar-refractivity contribution is 7.89. The van der Waals surface area contributed by atoms with Crippen molar-refractivity contribution in [2.75, 3.05) is 38.1 Å². The number of nitrogens with two attached hydrogens (primary N) is 2. The summed E-state index contributed by atoms with van der Waals surface area (Å²) in [5, 5.41) is 11.0. The first kappa shape index (κ1) is 21.3. The van der Waals surface area contributed by atoms with Gasteiger partial charge in [-0.1, -0.05) is 0 Å². The Balaban J connectivity index is 0. The first-order valence-electron chi connectivity index (χ1n) is 5.34. The minimum Gasteiger partial charge on any atom is -0.303 e. The van der Waals surface area contributed by atoms with E-state index in [4.69, 9.17) is 21.6 Å². The van der Waals surface area contributed by atoms with Gasteiger partial charge in [-0.25, -0.2) is 27.1 Å². The fourth-order valence-electron chi connectivity index (χ4n) is 0.835. The number of sulfonamides is 2. The molecule has 8 nitrogen and oxygen atoms in total. The quantitative estimate of drug-likeness (QED) is 0.433. The molecule has 0 spiro atoms. The van der Waals surface area contributed by atoms with Crippen LogP contribution in [0.1, 0.15) is 12.8 Å². The molecule has 0 aromatic heterocycles. The molecule has 4 N–H and O–H groups in total. The van der Waals surface area contributed by atoms with Crippen molar-refractivity contribution in [2.24, 2.45) is 10.3 Å². The molecule has 0 unspecified atom stereocenters. The zero-order valence-corrected chi connectivity index (χ0v) is 13.5. The number of rotatable bonds is 8. The van der Waals surface area contributed by atoms with E-state index in [2.05, 4.69) is 5.14 Å². The lowest BCUT2D eigenvalue weighted by Crippen LogP contribution is -2.23. The summed E-state index contributed by atoms with van der Waals surface area (Å²) < 4.78 is 41.1. The van der Waals surface area contributed by atoms with E-state index in [1.807, 2.05) is 0 Å². The molecule has 0 radical (unpaired) electrons. The first-order chi connectivity index (χ1) is 8.52. The maximum Gasteiger partial charge on any atom is 0.209 e. The van der Waals surface area contributed by atoms with Gasteiger partial charge in [-0.2, -0.15) is 5.06 Å². The molecule has 0 saturated carbocycles. The predicted molar refractivity (Wildman–Crippen MR) is 75.5 cm³/mol. The molecule has 0 aromatic rings. The third-order valence-corrected chi connectivity index (χ3v) is 3.76. The molecular weight excluding hydrogens is 318 g/mol. The standard InChI is InChI=1S/C5H14N2O3S.C3H8ClNO2S/c1-7(10-2)4-3-5-11(6,8)9;4-2-1-3-8(5,6)7/h3-5H2,1-2H3,(H2,6,8,9);1-3H2,(H2,5,6,7). The van der Waals surface area contributed by atoms with Crippen LogP contribution in [0.15, 0.2) is 0 Å². The topological polar surface area (TPSA) is 133 Å². The van der Waals surface area contributed by atoms with Gasteiger partial charge in [-0.15, -0.1) is 11.6 Å². The van der Waals surface area contributed by atoms with Crippen molar-refractivity contribution in [1.82, 2.24) is 5.06 Å². The van der Waals surface area contributed by atoms with Crippen molar-refractivity contribution in [3.05, 3.63) is 0 Å². The second-order valence-corrected chi connectivity index (χ2v) is 7.51. The molecule has 0 bridgehead atoms. The summed E-state index contributed by atoms with van der Waals surface area (Å²) >= 11 is 5.19. The van der Waals surface area contributed by atoms with Crippen LogP contribution in [0.2, 0.25) is 0 Å². The summed E-state index contributed by atoms with van der Waals surface area (Å²) in [6.45, 7) is 0.562. The maximum atomic E-state index is 10.4. The Bertz CT molecular complexity index is 412. The van der Waals surface area contributed by atoms with Gasteiger partial charge in [0.05, 0.1) is 18.6 Å². The monoisotopic (exact) mass is 339 g/mol. The molecular formula is C8H22ClN3O5S2. The van der Waals surface area contributed by atoms with E-state index in [9.17, 15) is 16.8 Å². The number of alkyl halides is 1. The fraction of sp³-hybridized carbons (Fsp3) is 1.00. The lowest BCUT2D eigenvalue weighted by Gasteiger charge is -2.11. The van der Waals surface area contributed by atoms with Crippen LogP contribution in [0.4, 0.5) is 0 Å². The van der Waals surface area contributed by atoms with Crippen LogP contribution >= 0.6 is 11.6 Å². The zero-order chi connectivity index (χ0) is 15.5. The number of primary sulfonamides is 2. The molecule has 0 rings (SSSR count). The van der Waals surface area contributed by atoms with E-state index < -0.39 is 20.0 Å². The molecule has 0 aliphatic heterocycles. The van der Waals surface area contributed by atoms with Crippen molar-refractivity contribution >= 4 is 31.6 Å². The lowest BCUT2D eigenvalue weighted by molar-refractivity contribution is -0.108. The van der Waals surface area contributed by atoms with Crippen molar-refractivity contribution in [2.45, 2.75) is 12.8 Å². The minimum atomic E-state index is -3.31. The van der Waals surface area contributed by atoms with Gasteiger partial charge in [0.25, 0.3) is 0 Å². The maximum absolute atomic E-state index is 10.4. The molecule has 0 fully saturated rings. The van der Waals surface area contributed by atoms with Gasteiger partial charge >= 0.3 is 0 Å². The van der Waals surface area contributed by atoms with Gasteiger partial charge in [-0.3, -0.25) is 0 Å². The average Bonchev–Trinajstić information content (AvgIpc) is 2.24. The zero-order valence-electron chi connectivity index (χ0n) is 11.1. The molecule has 19 heavy (non-hydrogen) atoms. The molecule has 0 heterocycles. The highest BCUT2D eigenvalue weighted by Gasteiger charge is 2.03. The van der Waals surface area contributed by atoms with Gasteiger partial charge in [0.15, 0.2) is 0 Å². The van der Waals surface area contributed by atoms with E-state index in [1.165, 1.54) is 7.11 Å². The third kappa shape index (κ3) is 23.5. The fourth-order valence-corrected chi connectivity index (χ4v) is 2.21. The largest absolute Gasteiger partial charge is 0.303 e. The summed E-state index contributed by atoms with van der Waals surface area (Å²) in [7, 11) is -3.33. The summed E-state index contributed by atoms with van der Waals surface area (Å²) in [5.41, 5.74) is 0. The van der Waals surface area contributed by atoms with Crippen LogP contribution in [0.3, 0.4) is 0 Å². The molecule has 0 amide bonds. The van der Waals surface area contributed by atoms with Crippen molar-refractivity contribution in [1.29, 1.82) is 0 Å². The Morgan fingerprint density at radius 1 is 1.05 bits per heavy atom. The number of hydroxylamine groups is 2. The number of hydrogen-bond acceptors (Lipinski definition) is 6. The van der Waals surface area contributed by atoms with E-state index in [-0.39, 0.29) is 11.5 Å². The SMILES string of the molecule is CON(C)CCCS(N)(=O)=O.NS(=O)(=O)CCCCl. The molecule has 11 heteroatoms. The molecule has 118 valence electrons. The summed E-state index contributed by atoms with van der Waals surface area (Å²) in [4.78, 5) is 4.76. The Labute approximate surface area is 120 Å². The smallest absolute Gasteiger partial charge is 0.209 e. The van der Waals surface area contributed by atoms with Crippen LogP contribution in [-0.4, -0.2) is 60.0 Å². The second kappa shape index (κ2) is 10.8. The van der Waals surface area contributed by atoms with Gasteiger partial charge < -0.3 is 4.84 Å². The second-order valence-electron chi connectivity index (χ2n) is 3.66. The Morgan fingerprint density at radius 3 is 1.74 bits per heavy atom. The number of hydrogen-bond donors (Lipinski definition) is 2. The normalized spacial score (nSPS) is 12.1. The van der Waals surface area contributed by atoms with Crippen LogP contribution < -0.4 is 10.3 Å². The van der Waals surface area contributed by atoms with Gasteiger partial charge in [0.1, 0.15) is 0 Å². The summed E-state index contributed by atoms with van der Waals surface area (Å²) in [6.07, 6.45) is 0.920. The molecule has 0 atom stereocenters. The average molecular weight is 340 g/mol. The third-order valence-electron chi connectivity index (χ3n) is 1.78. The van der Waals surface area contributed by atoms with E-state index in [0.29, 0.717) is 25.3 Å². The predicted octanol–water partition coefficient (Wildman–Crippen LogP) is -0.938. The van der Waals surface area contributed by atoms with E-state index >= 15 is 0 Å². The van der Waals surface area contributed by atoms with Crippen LogP contribution in [-0.2, 0) is 24.9 Å². The number of nitrogens with zero attached hydrogens (tertiary/aromatic N) is 1. The minimum absolute atomic E-state index is 0.000694. The molecule has 0 aromatic carbocycles. The Kier molecular flexibility index (Phi) is 12.1. The van der Waals surface area contributed by atoms with E-state index in [0.717, 1.165) is 0 Å². The number of halogens is 1. The Morgan fingerprint density at radius 2 is 1.47 bits per heavy atom. The Hall–Kier alpha value is 0.0300. The first-order valence-corrected chi connectivity index (χ1v) is 9.30. The van der Waals surface area contributed by atoms with Crippen LogP contribution in [0, 0.1) is 0 Å². The molecule has 0 saturated heterocycles. The van der Waals surface area contributed by atoms with Gasteiger partial charge in [0.2, 0.25) is 20.0 Å². The van der Waals surface area contributed by atoms with Gasteiger partial charge in [-0.05, 0) is 12.8 Å². The van der Waals surface area contributed by atoms with Crippen LogP contribution in [0.5, 0.6) is 0 Å². The van der Waals surface area contributed by atoms with Crippen molar-refractivity contribution < 1.29 is 21.7 Å². The van der Waals surface area contributed by atoms with E-state index in [1.54, 1.807) is 12.1 Å². The van der Waals surface area contributed by atoms with Crippen LogP contribution in [0.25, 0.3) is 0 Å². The molecule has 0 aliphatic carbocycles. The lowest BCUT2D eigenvalue weighted by atomic mass is 10.5. The van der Waals surface area contributed by atoms with Gasteiger partial charge in [0, 0.05) is 19.5 Å². The highest BCUT2D eigenvalue weighted by Crippen LogP contribution is 1.89.